The molecule has 0 aliphatic carbocycles. The van der Waals surface area contributed by atoms with Crippen LogP contribution in [-0.4, -0.2) is 70.5 Å². The van der Waals surface area contributed by atoms with Gasteiger partial charge in [0.05, 0.1) is 6.10 Å². The molecule has 1 aromatic heterocycles. The molecule has 1 saturated heterocycles. The van der Waals surface area contributed by atoms with Crippen LogP contribution in [0, 0.1) is 11.8 Å². The molecule has 9 nitrogen and oxygen atoms in total. The van der Waals surface area contributed by atoms with Crippen LogP contribution in [0.15, 0.2) is 48.7 Å². The van der Waals surface area contributed by atoms with Gasteiger partial charge >= 0.3 is 6.03 Å². The molecule has 1 aliphatic heterocycles. The summed E-state index contributed by atoms with van der Waals surface area (Å²) >= 11 is 0. The molecule has 3 amide bonds. The molecule has 2 heterocycles. The molecule has 1 aliphatic rings. The van der Waals surface area contributed by atoms with E-state index in [4.69, 9.17) is 5.21 Å². The Morgan fingerprint density at radius 1 is 1.06 bits per heavy atom. The number of hydrogen-bond donors (Lipinski definition) is 4. The topological polar surface area (TPSA) is 118 Å². The predicted molar refractivity (Wildman–Crippen MR) is 114 cm³/mol. The van der Waals surface area contributed by atoms with Crippen molar-refractivity contribution in [2.45, 2.75) is 19.1 Å². The van der Waals surface area contributed by atoms with Crippen LogP contribution in [0.3, 0.4) is 0 Å². The Balaban J connectivity index is 1.54. The summed E-state index contributed by atoms with van der Waals surface area (Å²) in [6.07, 6.45) is 0.565. The zero-order valence-electron chi connectivity index (χ0n) is 17.2. The quantitative estimate of drug-likeness (QED) is 0.324. The van der Waals surface area contributed by atoms with Crippen molar-refractivity contribution in [3.8, 4) is 11.8 Å². The number of benzene rings is 1. The Kier molecular flexibility index (Phi) is 7.43. The standard InChI is InChI=1S/C22H25N5O4/c1-16(28)20(21(29)25-31)24-22(30)27-14-12-26(13-15-27)19-9-6-17(7-10-19)5-8-18-4-2-3-11-23-18/h2-4,6-7,9-11,16,20,28,31H,12-15H2,1H3,(H,24,30)(H,25,29)/t16-,20-/m1/s1. The predicted octanol–water partition coefficient (Wildman–Crippen LogP) is 0.568. The fourth-order valence-electron chi connectivity index (χ4n) is 3.20. The van der Waals surface area contributed by atoms with E-state index in [2.05, 4.69) is 27.0 Å². The van der Waals surface area contributed by atoms with Crippen molar-refractivity contribution in [3.05, 3.63) is 59.9 Å². The highest BCUT2D eigenvalue weighted by atomic mass is 16.5. The first-order chi connectivity index (χ1) is 15.0. The summed E-state index contributed by atoms with van der Waals surface area (Å²) in [6, 6.07) is 11.8. The zero-order valence-corrected chi connectivity index (χ0v) is 17.2. The van der Waals surface area contributed by atoms with E-state index in [1.165, 1.54) is 12.4 Å². The van der Waals surface area contributed by atoms with Crippen LogP contribution >= 0.6 is 0 Å². The molecular formula is C22H25N5O4. The Bertz CT molecular complexity index is 945. The van der Waals surface area contributed by atoms with Crippen LogP contribution in [-0.2, 0) is 4.79 Å². The third-order valence-corrected chi connectivity index (χ3v) is 4.95. The first-order valence-electron chi connectivity index (χ1n) is 9.93. The third-order valence-electron chi connectivity index (χ3n) is 4.95. The van der Waals surface area contributed by atoms with E-state index < -0.39 is 24.1 Å². The molecule has 0 bridgehead atoms. The van der Waals surface area contributed by atoms with Crippen LogP contribution in [0.4, 0.5) is 10.5 Å². The largest absolute Gasteiger partial charge is 0.391 e. The number of nitrogens with one attached hydrogen (secondary N) is 2. The Hall–Kier alpha value is -3.61. The smallest absolute Gasteiger partial charge is 0.318 e. The Morgan fingerprint density at radius 3 is 2.35 bits per heavy atom. The fraction of sp³-hybridized carbons (Fsp3) is 0.318. The summed E-state index contributed by atoms with van der Waals surface area (Å²) in [5.74, 6) is 5.25. The minimum Gasteiger partial charge on any atom is -0.391 e. The molecular weight excluding hydrogens is 398 g/mol. The van der Waals surface area contributed by atoms with E-state index >= 15 is 0 Å². The van der Waals surface area contributed by atoms with Crippen molar-refractivity contribution in [1.29, 1.82) is 0 Å². The number of carbonyl (C=O) groups excluding carboxylic acids is 2. The molecule has 2 atom stereocenters. The van der Waals surface area contributed by atoms with Crippen LogP contribution in [0.5, 0.6) is 0 Å². The Labute approximate surface area is 180 Å². The maximum absolute atomic E-state index is 12.4. The molecule has 162 valence electrons. The number of aliphatic hydroxyl groups is 1. The maximum atomic E-state index is 12.4. The second-order valence-corrected chi connectivity index (χ2v) is 7.13. The van der Waals surface area contributed by atoms with Gasteiger partial charge in [0, 0.05) is 43.6 Å². The maximum Gasteiger partial charge on any atom is 0.318 e. The summed E-state index contributed by atoms with van der Waals surface area (Å²) < 4.78 is 0. The average molecular weight is 423 g/mol. The van der Waals surface area contributed by atoms with Gasteiger partial charge in [-0.1, -0.05) is 12.0 Å². The van der Waals surface area contributed by atoms with E-state index in [9.17, 15) is 14.7 Å². The molecule has 0 saturated carbocycles. The molecule has 2 aromatic rings. The number of nitrogens with zero attached hydrogens (tertiary/aromatic N) is 3. The van der Waals surface area contributed by atoms with Gasteiger partial charge in [-0.05, 0) is 49.2 Å². The highest BCUT2D eigenvalue weighted by molar-refractivity contribution is 5.87. The van der Waals surface area contributed by atoms with Gasteiger partial charge in [0.15, 0.2) is 0 Å². The number of aromatic nitrogens is 1. The number of amides is 3. The number of urea groups is 1. The minimum atomic E-state index is -1.23. The summed E-state index contributed by atoms with van der Waals surface area (Å²) in [4.78, 5) is 31.9. The number of piperazine rings is 1. The zero-order chi connectivity index (χ0) is 22.2. The summed E-state index contributed by atoms with van der Waals surface area (Å²) in [7, 11) is 0. The number of rotatable bonds is 4. The highest BCUT2D eigenvalue weighted by Crippen LogP contribution is 2.17. The molecule has 1 aromatic carbocycles. The normalized spacial score (nSPS) is 15.3. The van der Waals surface area contributed by atoms with E-state index in [0.29, 0.717) is 26.2 Å². The molecule has 9 heteroatoms. The monoisotopic (exact) mass is 423 g/mol. The van der Waals surface area contributed by atoms with Gasteiger partial charge in [0.25, 0.3) is 5.91 Å². The first-order valence-corrected chi connectivity index (χ1v) is 9.93. The van der Waals surface area contributed by atoms with Crippen molar-refractivity contribution >= 4 is 17.6 Å². The van der Waals surface area contributed by atoms with Gasteiger partial charge in [0.2, 0.25) is 0 Å². The number of hydroxylamine groups is 1. The van der Waals surface area contributed by atoms with Gasteiger partial charge in [-0.2, -0.15) is 0 Å². The number of pyridine rings is 1. The van der Waals surface area contributed by atoms with Crippen LogP contribution in [0.1, 0.15) is 18.2 Å². The second-order valence-electron chi connectivity index (χ2n) is 7.13. The lowest BCUT2D eigenvalue weighted by Gasteiger charge is -2.36. The van der Waals surface area contributed by atoms with Crippen LogP contribution in [0.2, 0.25) is 0 Å². The average Bonchev–Trinajstić information content (AvgIpc) is 2.81. The van der Waals surface area contributed by atoms with Crippen LogP contribution < -0.4 is 15.7 Å². The second kappa shape index (κ2) is 10.4. The van der Waals surface area contributed by atoms with Crippen molar-refractivity contribution in [2.24, 2.45) is 0 Å². The lowest BCUT2D eigenvalue weighted by atomic mass is 10.1. The van der Waals surface area contributed by atoms with E-state index in [0.717, 1.165) is 16.9 Å². The van der Waals surface area contributed by atoms with E-state index in [-0.39, 0.29) is 0 Å². The Morgan fingerprint density at radius 2 is 1.77 bits per heavy atom. The van der Waals surface area contributed by atoms with Gasteiger partial charge in [0.1, 0.15) is 11.7 Å². The molecule has 4 N–H and O–H groups in total. The molecule has 0 radical (unpaired) electrons. The lowest BCUT2D eigenvalue weighted by Crippen LogP contribution is -2.58. The van der Waals surface area contributed by atoms with Gasteiger partial charge in [-0.15, -0.1) is 0 Å². The summed E-state index contributed by atoms with van der Waals surface area (Å²) in [6.45, 7) is 3.53. The summed E-state index contributed by atoms with van der Waals surface area (Å²) in [5.41, 5.74) is 4.09. The highest BCUT2D eigenvalue weighted by Gasteiger charge is 2.29. The third kappa shape index (κ3) is 5.94. The molecule has 0 spiro atoms. The van der Waals surface area contributed by atoms with Crippen molar-refractivity contribution in [1.82, 2.24) is 20.7 Å². The summed E-state index contributed by atoms with van der Waals surface area (Å²) in [5, 5.41) is 20.9. The van der Waals surface area contributed by atoms with Crippen LogP contribution in [0.25, 0.3) is 0 Å². The number of aliphatic hydroxyl groups excluding tert-OH is 1. The van der Waals surface area contributed by atoms with Gasteiger partial charge in [-0.25, -0.2) is 15.3 Å². The molecule has 1 fully saturated rings. The van der Waals surface area contributed by atoms with E-state index in [1.807, 2.05) is 42.5 Å². The molecule has 3 rings (SSSR count). The number of carbonyl (C=O) groups is 2. The number of anilines is 1. The lowest BCUT2D eigenvalue weighted by molar-refractivity contribution is -0.133. The fourth-order valence-corrected chi connectivity index (χ4v) is 3.20. The van der Waals surface area contributed by atoms with Crippen molar-refractivity contribution < 1.29 is 19.9 Å². The van der Waals surface area contributed by atoms with E-state index in [1.54, 1.807) is 11.1 Å². The first kappa shape index (κ1) is 22.1. The van der Waals surface area contributed by atoms with Crippen molar-refractivity contribution in [2.75, 3.05) is 31.1 Å². The van der Waals surface area contributed by atoms with Gasteiger partial charge in [-0.3, -0.25) is 10.0 Å². The van der Waals surface area contributed by atoms with Gasteiger partial charge < -0.3 is 20.2 Å². The van der Waals surface area contributed by atoms with Crippen molar-refractivity contribution in [3.63, 3.8) is 0 Å². The molecule has 31 heavy (non-hydrogen) atoms. The minimum absolute atomic E-state index is 0.459. The number of hydrogen-bond acceptors (Lipinski definition) is 6. The SMILES string of the molecule is C[C@@H](O)[C@@H](NC(=O)N1CCN(c2ccc(C#Cc3ccccn3)cc2)CC1)C(=O)NO. The molecule has 0 unspecified atom stereocenters.